The van der Waals surface area contributed by atoms with Crippen LogP contribution in [0, 0.1) is 6.92 Å². The minimum Gasteiger partial charge on any atom is -0.351 e. The summed E-state index contributed by atoms with van der Waals surface area (Å²) in [4.78, 5) is 14.8. The van der Waals surface area contributed by atoms with Crippen molar-refractivity contribution < 1.29 is 9.32 Å². The quantitative estimate of drug-likeness (QED) is 0.915. The molecular weight excluding hydrogens is 302 g/mol. The average Bonchev–Trinajstić information content (AvgIpc) is 2.87. The molecule has 1 aromatic heterocycles. The molecule has 1 N–H and O–H groups in total. The molecular formula is C19H25N3O2. The van der Waals surface area contributed by atoms with Crippen LogP contribution < -0.4 is 5.32 Å². The molecule has 128 valence electrons. The molecule has 0 aliphatic carbocycles. The lowest BCUT2D eigenvalue weighted by Gasteiger charge is -2.31. The molecule has 0 radical (unpaired) electrons. The van der Waals surface area contributed by atoms with Gasteiger partial charge in [-0.25, -0.2) is 0 Å². The Balaban J connectivity index is 1.71. The minimum absolute atomic E-state index is 0.192. The van der Waals surface area contributed by atoms with Crippen LogP contribution in [0.4, 0.5) is 0 Å². The Hall–Kier alpha value is -2.14. The molecule has 2 aromatic rings. The summed E-state index contributed by atoms with van der Waals surface area (Å²) in [5.74, 6) is 0.0709. The van der Waals surface area contributed by atoms with E-state index in [4.69, 9.17) is 4.52 Å². The van der Waals surface area contributed by atoms with Crippen LogP contribution in [0.5, 0.6) is 0 Å². The highest BCUT2D eigenvalue weighted by atomic mass is 16.5. The van der Waals surface area contributed by atoms with Crippen LogP contribution in [0.15, 0.2) is 40.9 Å². The summed E-state index contributed by atoms with van der Waals surface area (Å²) in [7, 11) is 0. The van der Waals surface area contributed by atoms with Crippen molar-refractivity contribution in [1.82, 2.24) is 15.4 Å². The van der Waals surface area contributed by atoms with E-state index in [1.54, 1.807) is 6.07 Å². The highest BCUT2D eigenvalue weighted by Crippen LogP contribution is 2.23. The maximum atomic E-state index is 12.3. The molecule has 2 heterocycles. The van der Waals surface area contributed by atoms with E-state index in [-0.39, 0.29) is 17.7 Å². The van der Waals surface area contributed by atoms with Gasteiger partial charge in [-0.2, -0.15) is 0 Å². The minimum atomic E-state index is -0.202. The molecule has 0 unspecified atom stereocenters. The Morgan fingerprint density at radius 2 is 1.92 bits per heavy atom. The molecule has 1 amide bonds. The molecule has 1 saturated heterocycles. The third-order valence-corrected chi connectivity index (χ3v) is 4.57. The number of benzene rings is 1. The van der Waals surface area contributed by atoms with Gasteiger partial charge in [-0.3, -0.25) is 9.69 Å². The summed E-state index contributed by atoms with van der Waals surface area (Å²) in [5, 5.41) is 6.79. The Kier molecular flexibility index (Phi) is 5.64. The number of nitrogens with zero attached hydrogens (tertiary/aromatic N) is 2. The van der Waals surface area contributed by atoms with E-state index < -0.39 is 0 Å². The Morgan fingerprint density at radius 3 is 2.54 bits per heavy atom. The number of hydrogen-bond donors (Lipinski definition) is 1. The number of nitrogens with one attached hydrogen (secondary N) is 1. The third kappa shape index (κ3) is 4.23. The molecule has 0 spiro atoms. The van der Waals surface area contributed by atoms with Crippen LogP contribution >= 0.6 is 0 Å². The zero-order chi connectivity index (χ0) is 16.8. The van der Waals surface area contributed by atoms with Crippen molar-refractivity contribution in [3.63, 3.8) is 0 Å². The molecule has 5 heteroatoms. The van der Waals surface area contributed by atoms with E-state index in [1.807, 2.05) is 13.0 Å². The van der Waals surface area contributed by atoms with E-state index in [0.717, 1.165) is 13.1 Å². The number of hydrogen-bond acceptors (Lipinski definition) is 4. The second kappa shape index (κ2) is 8.11. The standard InChI is InChI=1S/C19H25N3O2/c1-15-13-18(24-21-15)19(23)20-14-17(16-9-5-4-6-10-16)22-11-7-2-3-8-12-22/h4-6,9-10,13,17H,2-3,7-8,11-12,14H2,1H3,(H,20,23)/t17-/m1/s1. The number of aromatic nitrogens is 1. The molecule has 1 aromatic carbocycles. The van der Waals surface area contributed by atoms with Crippen LogP contribution in [0.25, 0.3) is 0 Å². The summed E-state index contributed by atoms with van der Waals surface area (Å²) in [6.07, 6.45) is 5.03. The summed E-state index contributed by atoms with van der Waals surface area (Å²) in [6.45, 7) is 4.54. The number of carbonyl (C=O) groups excluding carboxylic acids is 1. The maximum absolute atomic E-state index is 12.3. The fourth-order valence-electron chi connectivity index (χ4n) is 3.29. The predicted molar refractivity (Wildman–Crippen MR) is 92.8 cm³/mol. The molecule has 1 fully saturated rings. The first-order valence-corrected chi connectivity index (χ1v) is 8.74. The second-order valence-corrected chi connectivity index (χ2v) is 6.42. The van der Waals surface area contributed by atoms with E-state index in [9.17, 15) is 4.79 Å². The fraction of sp³-hybridized carbons (Fsp3) is 0.474. The van der Waals surface area contributed by atoms with Gasteiger partial charge in [0.25, 0.3) is 5.91 Å². The van der Waals surface area contributed by atoms with Crippen molar-refractivity contribution in [3.8, 4) is 0 Å². The van der Waals surface area contributed by atoms with Gasteiger partial charge in [0.15, 0.2) is 0 Å². The van der Waals surface area contributed by atoms with Crippen LogP contribution in [0.1, 0.15) is 53.5 Å². The van der Waals surface area contributed by atoms with Gasteiger partial charge in [0.05, 0.1) is 11.7 Å². The van der Waals surface area contributed by atoms with Gasteiger partial charge >= 0.3 is 0 Å². The summed E-state index contributed by atoms with van der Waals surface area (Å²) < 4.78 is 5.05. The molecule has 1 aliphatic heterocycles. The first-order chi connectivity index (χ1) is 11.7. The SMILES string of the molecule is Cc1cc(C(=O)NC[C@H](c2ccccc2)N2CCCCCC2)on1. The van der Waals surface area contributed by atoms with Gasteiger partial charge in [0.1, 0.15) is 0 Å². The number of amides is 1. The smallest absolute Gasteiger partial charge is 0.289 e. The van der Waals surface area contributed by atoms with Gasteiger partial charge < -0.3 is 9.84 Å². The topological polar surface area (TPSA) is 58.4 Å². The highest BCUT2D eigenvalue weighted by molar-refractivity contribution is 5.91. The molecule has 5 nitrogen and oxygen atoms in total. The first kappa shape index (κ1) is 16.7. The number of aryl methyl sites for hydroxylation is 1. The number of rotatable bonds is 5. The molecule has 24 heavy (non-hydrogen) atoms. The molecule has 0 bridgehead atoms. The van der Waals surface area contributed by atoms with Crippen molar-refractivity contribution in [2.75, 3.05) is 19.6 Å². The van der Waals surface area contributed by atoms with E-state index >= 15 is 0 Å². The fourth-order valence-corrected chi connectivity index (χ4v) is 3.29. The van der Waals surface area contributed by atoms with Crippen molar-refractivity contribution in [2.45, 2.75) is 38.6 Å². The first-order valence-electron chi connectivity index (χ1n) is 8.74. The van der Waals surface area contributed by atoms with Crippen molar-refractivity contribution in [1.29, 1.82) is 0 Å². The van der Waals surface area contributed by atoms with Crippen LogP contribution in [0.3, 0.4) is 0 Å². The Morgan fingerprint density at radius 1 is 1.21 bits per heavy atom. The van der Waals surface area contributed by atoms with Crippen LogP contribution in [0.2, 0.25) is 0 Å². The lowest BCUT2D eigenvalue weighted by atomic mass is 10.0. The molecule has 3 rings (SSSR count). The van der Waals surface area contributed by atoms with Crippen LogP contribution in [-0.2, 0) is 0 Å². The van der Waals surface area contributed by atoms with Crippen molar-refractivity contribution in [2.24, 2.45) is 0 Å². The predicted octanol–water partition coefficient (Wildman–Crippen LogP) is 3.33. The lowest BCUT2D eigenvalue weighted by molar-refractivity contribution is 0.0896. The lowest BCUT2D eigenvalue weighted by Crippen LogP contribution is -2.38. The van der Waals surface area contributed by atoms with E-state index in [2.05, 4.69) is 39.6 Å². The van der Waals surface area contributed by atoms with Gasteiger partial charge in [-0.1, -0.05) is 48.3 Å². The molecule has 1 aliphatic rings. The summed E-state index contributed by atoms with van der Waals surface area (Å²) in [6, 6.07) is 12.3. The van der Waals surface area contributed by atoms with Gasteiger partial charge in [-0.05, 0) is 38.4 Å². The monoisotopic (exact) mass is 327 g/mol. The highest BCUT2D eigenvalue weighted by Gasteiger charge is 2.23. The maximum Gasteiger partial charge on any atom is 0.289 e. The summed E-state index contributed by atoms with van der Waals surface area (Å²) in [5.41, 5.74) is 1.96. The van der Waals surface area contributed by atoms with Gasteiger partial charge in [0.2, 0.25) is 5.76 Å². The Bertz CT molecular complexity index is 646. The van der Waals surface area contributed by atoms with E-state index in [1.165, 1.54) is 31.2 Å². The second-order valence-electron chi connectivity index (χ2n) is 6.42. The Labute approximate surface area is 143 Å². The van der Waals surface area contributed by atoms with Gasteiger partial charge in [-0.15, -0.1) is 0 Å². The largest absolute Gasteiger partial charge is 0.351 e. The van der Waals surface area contributed by atoms with Crippen molar-refractivity contribution in [3.05, 3.63) is 53.4 Å². The van der Waals surface area contributed by atoms with Crippen molar-refractivity contribution >= 4 is 5.91 Å². The summed E-state index contributed by atoms with van der Waals surface area (Å²) >= 11 is 0. The van der Waals surface area contributed by atoms with E-state index in [0.29, 0.717) is 12.2 Å². The number of carbonyl (C=O) groups is 1. The van der Waals surface area contributed by atoms with Gasteiger partial charge in [0, 0.05) is 12.6 Å². The third-order valence-electron chi connectivity index (χ3n) is 4.57. The van der Waals surface area contributed by atoms with Crippen LogP contribution in [-0.4, -0.2) is 35.6 Å². The zero-order valence-electron chi connectivity index (χ0n) is 14.2. The molecule has 0 saturated carbocycles. The average molecular weight is 327 g/mol. The normalized spacial score (nSPS) is 17.2. The zero-order valence-corrected chi connectivity index (χ0v) is 14.2. The molecule has 1 atom stereocenters. The number of likely N-dealkylation sites (tertiary alicyclic amines) is 1.